The van der Waals surface area contributed by atoms with E-state index in [2.05, 4.69) is 117 Å². The number of hydrogen-bond donors (Lipinski definition) is 0. The fourth-order valence-corrected chi connectivity index (χ4v) is 8.61. The Hall–Kier alpha value is -7.17. The van der Waals surface area contributed by atoms with Gasteiger partial charge in [0, 0.05) is 32.9 Å². The van der Waals surface area contributed by atoms with Crippen LogP contribution in [-0.4, -0.2) is 15.0 Å². The topological polar surface area (TPSA) is 51.8 Å². The smallest absolute Gasteiger partial charge is 0.164 e. The summed E-state index contributed by atoms with van der Waals surface area (Å²) >= 11 is 0. The molecule has 0 saturated carbocycles. The van der Waals surface area contributed by atoms with Gasteiger partial charge in [0.25, 0.3) is 0 Å². The molecular weight excluding hydrogens is 683 g/mol. The standard InChI is InChI=1S/C52H35N3O/c1-52(2)44-18-10-9-16-40(44)41-26-24-38(31-45(41)52)36-23-21-32-20-22-35(28-39(32)29-36)37-25-27-46-43(30-37)48-42(17-11-19-47(48)56-46)51-54-49(33-12-5-3-6-13-33)53-50(55-51)34-14-7-4-8-15-34/h3-31H,1-2H3. The molecule has 0 bridgehead atoms. The van der Waals surface area contributed by atoms with Crippen LogP contribution in [0.4, 0.5) is 0 Å². The summed E-state index contributed by atoms with van der Waals surface area (Å²) in [7, 11) is 0. The fourth-order valence-electron chi connectivity index (χ4n) is 8.61. The van der Waals surface area contributed by atoms with Crippen molar-refractivity contribution in [2.75, 3.05) is 0 Å². The van der Waals surface area contributed by atoms with E-state index in [4.69, 9.17) is 19.4 Å². The molecule has 10 aromatic rings. The Morgan fingerprint density at radius 2 is 0.929 bits per heavy atom. The van der Waals surface area contributed by atoms with Crippen molar-refractivity contribution in [3.8, 4) is 67.5 Å². The summed E-state index contributed by atoms with van der Waals surface area (Å²) in [6.07, 6.45) is 0. The van der Waals surface area contributed by atoms with Crippen LogP contribution in [0.15, 0.2) is 180 Å². The highest BCUT2D eigenvalue weighted by Crippen LogP contribution is 2.49. The second-order valence-corrected chi connectivity index (χ2v) is 15.2. The highest BCUT2D eigenvalue weighted by Gasteiger charge is 2.35. The van der Waals surface area contributed by atoms with Crippen molar-refractivity contribution in [2.24, 2.45) is 0 Å². The Bertz CT molecular complexity index is 3100. The number of furan rings is 1. The first-order chi connectivity index (χ1) is 27.5. The summed E-state index contributed by atoms with van der Waals surface area (Å²) in [4.78, 5) is 15.0. The molecule has 264 valence electrons. The molecule has 1 aliphatic carbocycles. The van der Waals surface area contributed by atoms with E-state index >= 15 is 0 Å². The molecule has 0 amide bonds. The van der Waals surface area contributed by atoms with E-state index in [1.807, 2.05) is 72.8 Å². The normalized spacial score (nSPS) is 13.0. The third kappa shape index (κ3) is 5.18. The van der Waals surface area contributed by atoms with Crippen molar-refractivity contribution in [3.63, 3.8) is 0 Å². The van der Waals surface area contributed by atoms with Gasteiger partial charge in [0.2, 0.25) is 0 Å². The van der Waals surface area contributed by atoms with Gasteiger partial charge in [-0.25, -0.2) is 15.0 Å². The average molecular weight is 718 g/mol. The summed E-state index contributed by atoms with van der Waals surface area (Å²) in [5, 5.41) is 4.42. The molecule has 2 aromatic heterocycles. The Morgan fingerprint density at radius 3 is 1.64 bits per heavy atom. The zero-order valence-electron chi connectivity index (χ0n) is 31.0. The summed E-state index contributed by atoms with van der Waals surface area (Å²) < 4.78 is 6.47. The number of benzene rings is 8. The van der Waals surface area contributed by atoms with Crippen LogP contribution < -0.4 is 0 Å². The van der Waals surface area contributed by atoms with Crippen LogP contribution in [0.2, 0.25) is 0 Å². The van der Waals surface area contributed by atoms with Crippen LogP contribution in [0.5, 0.6) is 0 Å². The monoisotopic (exact) mass is 717 g/mol. The zero-order valence-corrected chi connectivity index (χ0v) is 31.0. The maximum Gasteiger partial charge on any atom is 0.164 e. The minimum Gasteiger partial charge on any atom is -0.456 e. The lowest BCUT2D eigenvalue weighted by Crippen LogP contribution is -2.14. The quantitative estimate of drug-likeness (QED) is 0.178. The molecule has 1 aliphatic rings. The van der Waals surface area contributed by atoms with Crippen molar-refractivity contribution in [2.45, 2.75) is 19.3 Å². The molecule has 56 heavy (non-hydrogen) atoms. The van der Waals surface area contributed by atoms with Crippen molar-refractivity contribution in [3.05, 3.63) is 187 Å². The summed E-state index contributed by atoms with van der Waals surface area (Å²) in [6, 6.07) is 62.1. The molecule has 8 aromatic carbocycles. The molecule has 0 aliphatic heterocycles. The first kappa shape index (κ1) is 32.3. The second-order valence-electron chi connectivity index (χ2n) is 15.2. The maximum atomic E-state index is 6.47. The van der Waals surface area contributed by atoms with Crippen LogP contribution in [0.25, 0.3) is 100 Å². The fraction of sp³-hybridized carbons (Fsp3) is 0.0577. The molecule has 11 rings (SSSR count). The van der Waals surface area contributed by atoms with Crippen molar-refractivity contribution >= 4 is 32.7 Å². The van der Waals surface area contributed by atoms with Crippen molar-refractivity contribution in [1.29, 1.82) is 0 Å². The second kappa shape index (κ2) is 12.4. The molecule has 0 atom stereocenters. The van der Waals surface area contributed by atoms with E-state index < -0.39 is 0 Å². The molecule has 4 nitrogen and oxygen atoms in total. The zero-order chi connectivity index (χ0) is 37.4. The highest BCUT2D eigenvalue weighted by atomic mass is 16.3. The predicted molar refractivity (Wildman–Crippen MR) is 229 cm³/mol. The van der Waals surface area contributed by atoms with Gasteiger partial charge in [-0.1, -0.05) is 153 Å². The first-order valence-corrected chi connectivity index (χ1v) is 19.1. The van der Waals surface area contributed by atoms with Gasteiger partial charge < -0.3 is 4.42 Å². The molecule has 0 saturated heterocycles. The highest BCUT2D eigenvalue weighted by molar-refractivity contribution is 6.13. The van der Waals surface area contributed by atoms with Crippen LogP contribution in [-0.2, 0) is 5.41 Å². The lowest BCUT2D eigenvalue weighted by atomic mass is 9.81. The number of nitrogens with zero attached hydrogens (tertiary/aromatic N) is 3. The molecule has 0 unspecified atom stereocenters. The van der Waals surface area contributed by atoms with Crippen LogP contribution >= 0.6 is 0 Å². The molecular formula is C52H35N3O. The van der Waals surface area contributed by atoms with E-state index in [0.717, 1.165) is 49.8 Å². The van der Waals surface area contributed by atoms with E-state index in [0.29, 0.717) is 17.5 Å². The van der Waals surface area contributed by atoms with E-state index in [1.165, 1.54) is 44.2 Å². The lowest BCUT2D eigenvalue weighted by molar-refractivity contribution is 0.660. The van der Waals surface area contributed by atoms with Crippen LogP contribution in [0, 0.1) is 0 Å². The number of rotatable bonds is 5. The molecule has 2 heterocycles. The number of hydrogen-bond acceptors (Lipinski definition) is 4. The minimum absolute atomic E-state index is 0.0421. The first-order valence-electron chi connectivity index (χ1n) is 19.1. The summed E-state index contributed by atoms with van der Waals surface area (Å²) in [5.74, 6) is 1.86. The molecule has 0 spiro atoms. The molecule has 0 N–H and O–H groups in total. The SMILES string of the molecule is CC1(C)c2ccccc2-c2ccc(-c3ccc4ccc(-c5ccc6oc7cccc(-c8nc(-c9ccccc9)nc(-c9ccccc9)n8)c7c6c5)cc4c3)cc21. The summed E-state index contributed by atoms with van der Waals surface area (Å²) in [6.45, 7) is 4.68. The van der Waals surface area contributed by atoms with Crippen LogP contribution in [0.3, 0.4) is 0 Å². The van der Waals surface area contributed by atoms with Crippen molar-refractivity contribution < 1.29 is 4.42 Å². The molecule has 0 radical (unpaired) electrons. The van der Waals surface area contributed by atoms with Gasteiger partial charge in [0.1, 0.15) is 11.2 Å². The van der Waals surface area contributed by atoms with Crippen LogP contribution in [0.1, 0.15) is 25.0 Å². The maximum absolute atomic E-state index is 6.47. The largest absolute Gasteiger partial charge is 0.456 e. The van der Waals surface area contributed by atoms with Crippen molar-refractivity contribution in [1.82, 2.24) is 15.0 Å². The molecule has 4 heteroatoms. The van der Waals surface area contributed by atoms with Gasteiger partial charge in [0.15, 0.2) is 17.5 Å². The van der Waals surface area contributed by atoms with Gasteiger partial charge >= 0.3 is 0 Å². The average Bonchev–Trinajstić information content (AvgIpc) is 3.75. The Labute approximate surface area is 324 Å². The Balaban J connectivity index is 1.01. The number of fused-ring (bicyclic) bond motifs is 7. The van der Waals surface area contributed by atoms with Gasteiger partial charge in [0.05, 0.1) is 0 Å². The van der Waals surface area contributed by atoms with Gasteiger partial charge in [-0.3, -0.25) is 0 Å². The Kier molecular flexibility index (Phi) is 7.17. The van der Waals surface area contributed by atoms with E-state index in [1.54, 1.807) is 0 Å². The van der Waals surface area contributed by atoms with Gasteiger partial charge in [-0.15, -0.1) is 0 Å². The Morgan fingerprint density at radius 1 is 0.375 bits per heavy atom. The number of aromatic nitrogens is 3. The van der Waals surface area contributed by atoms with Gasteiger partial charge in [-0.2, -0.15) is 0 Å². The molecule has 0 fully saturated rings. The van der Waals surface area contributed by atoms with E-state index in [9.17, 15) is 0 Å². The van der Waals surface area contributed by atoms with E-state index in [-0.39, 0.29) is 5.41 Å². The summed E-state index contributed by atoms with van der Waals surface area (Å²) in [5.41, 5.74) is 14.5. The lowest BCUT2D eigenvalue weighted by Gasteiger charge is -2.22. The third-order valence-corrected chi connectivity index (χ3v) is 11.5. The minimum atomic E-state index is -0.0421. The van der Waals surface area contributed by atoms with Gasteiger partial charge in [-0.05, 0) is 91.7 Å². The third-order valence-electron chi connectivity index (χ3n) is 11.5. The predicted octanol–water partition coefficient (Wildman–Crippen LogP) is 13.6.